The molecule has 0 aromatic carbocycles. The Balaban J connectivity index is 0.893. The van der Waals surface area contributed by atoms with Crippen LogP contribution in [-0.2, 0) is 31.9 Å². The highest BCUT2D eigenvalue weighted by Gasteiger charge is 2.52. The maximum atomic E-state index is 17.2. The lowest BCUT2D eigenvalue weighted by Crippen LogP contribution is -2.54. The molecule has 74 heavy (non-hydrogen) atoms. The predicted octanol–water partition coefficient (Wildman–Crippen LogP) is 7.03. The first-order valence-corrected chi connectivity index (χ1v) is 29.2. The Labute approximate surface area is 445 Å². The second-order valence-corrected chi connectivity index (χ2v) is 24.5. The molecule has 3 aliphatic carbocycles. The van der Waals surface area contributed by atoms with Gasteiger partial charge < -0.3 is 45.4 Å². The number of halogens is 1. The molecule has 4 aliphatic heterocycles. The Morgan fingerprint density at radius 1 is 1.01 bits per heavy atom. The summed E-state index contributed by atoms with van der Waals surface area (Å²) in [6.45, 7) is 19.9. The van der Waals surface area contributed by atoms with Crippen molar-refractivity contribution >= 4 is 23.1 Å². The summed E-state index contributed by atoms with van der Waals surface area (Å²) in [5.74, 6) is 2.27. The first-order valence-electron chi connectivity index (χ1n) is 28.4. The van der Waals surface area contributed by atoms with Crippen molar-refractivity contribution in [2.45, 2.75) is 181 Å². The van der Waals surface area contributed by atoms with Crippen molar-refractivity contribution in [2.75, 3.05) is 40.4 Å². The molecule has 1 aromatic heterocycles. The zero-order valence-electron chi connectivity index (χ0n) is 46.1. The number of methoxy groups -OCH3 is 1. The van der Waals surface area contributed by atoms with Crippen molar-refractivity contribution in [3.8, 4) is 0 Å². The number of amidine groups is 1. The average molecular weight is 1050 g/mol. The van der Waals surface area contributed by atoms with Crippen LogP contribution >= 0.6 is 11.3 Å². The minimum Gasteiger partial charge on any atom is -0.377 e. The van der Waals surface area contributed by atoms with E-state index in [1.54, 1.807) is 7.11 Å². The predicted molar refractivity (Wildman–Crippen MR) is 292 cm³/mol. The third kappa shape index (κ3) is 13.1. The monoisotopic (exact) mass is 1050 g/mol. The number of amides is 1. The van der Waals surface area contributed by atoms with Gasteiger partial charge in [0.1, 0.15) is 23.9 Å². The molecule has 2 fully saturated rings. The first kappa shape index (κ1) is 57.1. The normalized spacial score (nSPS) is 29.8. The Hall–Kier alpha value is -3.07. The molecule has 15 nitrogen and oxygen atoms in total. The topological polar surface area (TPSA) is 185 Å². The highest BCUT2D eigenvalue weighted by molar-refractivity contribution is 7.12. The van der Waals surface area contributed by atoms with Crippen LogP contribution in [0.1, 0.15) is 135 Å². The third-order valence-electron chi connectivity index (χ3n) is 17.7. The summed E-state index contributed by atoms with van der Waals surface area (Å²) in [5, 5.41) is 41.6. The fourth-order valence-electron chi connectivity index (χ4n) is 12.9. The number of rotatable bonds is 26. The minimum absolute atomic E-state index is 0.00854. The van der Waals surface area contributed by atoms with Crippen LogP contribution in [0.4, 0.5) is 4.39 Å². The van der Waals surface area contributed by atoms with E-state index in [-0.39, 0.29) is 84.0 Å². The number of aryl methyl sites for hydroxylation is 2. The maximum Gasteiger partial charge on any atom is 0.239 e. The molecule has 1 amide bonds. The molecule has 0 spiro atoms. The van der Waals surface area contributed by atoms with Crippen LogP contribution < -0.4 is 37.4 Å². The number of ether oxygens (including phenoxy) is 2. The summed E-state index contributed by atoms with van der Waals surface area (Å²) in [5.41, 5.74) is 7.87. The van der Waals surface area contributed by atoms with Crippen LogP contribution in [0.15, 0.2) is 58.2 Å². The van der Waals surface area contributed by atoms with Crippen LogP contribution in [0.2, 0.25) is 0 Å². The number of hydroxylamine groups is 1. The molecule has 414 valence electrons. The SMILES string of the molecule is CC[C@@H](CCCNC(=O)[C@@H](NOC)C(C)C)C(C)C1NCC([C@@H]2C=C(F)[C@@H]3C4=CC5CC([C@@H]6CN=C(C(C)[C@@H](C)CCCN[C@H](O)[C@@H](N[C@H](O)OC)C(C)C)N6)=CC=C5N4C(c4cc5c(s4)CCCC5)OC3C2)N1. The second kappa shape index (κ2) is 26.1. The van der Waals surface area contributed by atoms with Gasteiger partial charge in [-0.3, -0.25) is 25.7 Å². The molecule has 2 saturated heterocycles. The van der Waals surface area contributed by atoms with E-state index in [9.17, 15) is 15.0 Å². The average Bonchev–Trinajstić information content (AvgIpc) is 4.23. The van der Waals surface area contributed by atoms with Gasteiger partial charge in [0.05, 0.1) is 48.8 Å². The van der Waals surface area contributed by atoms with Crippen LogP contribution in [0, 0.1) is 53.3 Å². The number of thiophene rings is 1. The number of aliphatic hydroxyl groups is 2. The van der Waals surface area contributed by atoms with Crippen molar-refractivity contribution in [3.05, 3.63) is 68.5 Å². The fraction of sp³-hybridized carbons (Fsp3) is 0.754. The smallest absolute Gasteiger partial charge is 0.239 e. The molecular weight excluding hydrogens is 958 g/mol. The molecule has 0 radical (unpaired) electrons. The Kier molecular flexibility index (Phi) is 20.1. The van der Waals surface area contributed by atoms with Crippen LogP contribution in [0.5, 0.6) is 0 Å². The zero-order valence-corrected chi connectivity index (χ0v) is 46.9. The molecule has 7 aliphatic rings. The molecule has 8 rings (SSSR count). The maximum absolute atomic E-state index is 17.2. The molecule has 0 bridgehead atoms. The fourth-order valence-corrected chi connectivity index (χ4v) is 14.2. The van der Waals surface area contributed by atoms with Crippen molar-refractivity contribution in [1.29, 1.82) is 0 Å². The summed E-state index contributed by atoms with van der Waals surface area (Å²) in [4.78, 5) is 28.0. The number of nitrogens with one attached hydrogen (secondary N) is 7. The van der Waals surface area contributed by atoms with Gasteiger partial charge in [0.15, 0.2) is 6.23 Å². The summed E-state index contributed by atoms with van der Waals surface area (Å²) in [7, 11) is 2.96. The van der Waals surface area contributed by atoms with Crippen molar-refractivity contribution in [3.63, 3.8) is 0 Å². The van der Waals surface area contributed by atoms with E-state index >= 15 is 4.39 Å². The van der Waals surface area contributed by atoms with Crippen molar-refractivity contribution in [2.24, 2.45) is 58.3 Å². The van der Waals surface area contributed by atoms with E-state index in [0.29, 0.717) is 37.4 Å². The second-order valence-electron chi connectivity index (χ2n) is 23.3. The molecule has 1 aromatic rings. The first-order chi connectivity index (χ1) is 35.6. The molecule has 7 unspecified atom stereocenters. The van der Waals surface area contributed by atoms with Crippen LogP contribution in [0.3, 0.4) is 0 Å². The molecule has 17 heteroatoms. The summed E-state index contributed by atoms with van der Waals surface area (Å²) >= 11 is 1.90. The summed E-state index contributed by atoms with van der Waals surface area (Å²) in [6.07, 6.45) is 17.6. The number of carbonyl (C=O) groups is 1. The number of aliphatic hydroxyl groups excluding tert-OH is 2. The molecular formula is C57H92FN9O6S. The van der Waals surface area contributed by atoms with E-state index in [1.165, 1.54) is 46.5 Å². The largest absolute Gasteiger partial charge is 0.377 e. The molecule has 5 heterocycles. The van der Waals surface area contributed by atoms with Crippen LogP contribution in [0.25, 0.3) is 0 Å². The number of aliphatic imine (C=N–C) groups is 1. The minimum atomic E-state index is -1.14. The summed E-state index contributed by atoms with van der Waals surface area (Å²) < 4.78 is 29.4. The third-order valence-corrected chi connectivity index (χ3v) is 19.0. The number of hydrogen-bond acceptors (Lipinski definition) is 15. The van der Waals surface area contributed by atoms with Gasteiger partial charge in [-0.1, -0.05) is 74.0 Å². The van der Waals surface area contributed by atoms with Crippen LogP contribution in [-0.4, -0.2) is 116 Å². The van der Waals surface area contributed by atoms with Gasteiger partial charge >= 0.3 is 0 Å². The number of carbonyl (C=O) groups excluding carboxylic acids is 1. The highest BCUT2D eigenvalue weighted by atomic mass is 32.1. The Morgan fingerprint density at radius 3 is 2.53 bits per heavy atom. The van der Waals surface area contributed by atoms with Gasteiger partial charge in [0.25, 0.3) is 0 Å². The quantitative estimate of drug-likeness (QED) is 0.0262. The van der Waals surface area contributed by atoms with E-state index in [4.69, 9.17) is 19.3 Å². The number of hydrogen-bond donors (Lipinski definition) is 9. The summed E-state index contributed by atoms with van der Waals surface area (Å²) in [6, 6.07) is 1.86. The Morgan fingerprint density at radius 2 is 1.80 bits per heavy atom. The van der Waals surface area contributed by atoms with Gasteiger partial charge in [-0.2, -0.15) is 5.48 Å². The van der Waals surface area contributed by atoms with Crippen molar-refractivity contribution in [1.82, 2.24) is 42.3 Å². The van der Waals surface area contributed by atoms with E-state index in [2.05, 4.69) is 94.3 Å². The number of allylic oxidation sites excluding steroid dienone is 3. The van der Waals surface area contributed by atoms with E-state index in [0.717, 1.165) is 75.9 Å². The van der Waals surface area contributed by atoms with Gasteiger partial charge in [0.2, 0.25) is 12.3 Å². The van der Waals surface area contributed by atoms with Gasteiger partial charge in [-0.05, 0) is 136 Å². The van der Waals surface area contributed by atoms with Gasteiger partial charge in [-0.25, -0.2) is 4.39 Å². The molecule has 0 saturated carbocycles. The number of fused-ring (bicyclic) bond motifs is 6. The van der Waals surface area contributed by atoms with E-state index in [1.807, 2.05) is 45.1 Å². The lowest BCUT2D eigenvalue weighted by Gasteiger charge is -2.48. The lowest BCUT2D eigenvalue weighted by molar-refractivity contribution is -0.137. The Bertz CT molecular complexity index is 2180. The lowest BCUT2D eigenvalue weighted by atomic mass is 9.78. The zero-order chi connectivity index (χ0) is 52.8. The molecule has 16 atom stereocenters. The standard InChI is InChI=1S/C57H92FN9O6S/c1-11-36(18-15-23-60-55(69)51(32(4)5)66-72-10)35(8)53-62-30-43(64-53)39-25-41(58)49-45-26-40-24-37(20-21-44(40)67(45)56(73-46(49)27-39)48-28-38-17-12-13-19-47(38)74-48)42-29-61-52(63-42)34(7)33(6)16-14-22-59-54(68)50(31(2)3)65-57(70)71-9/h20-21,25-26,28,31-36,39-40,42-43,46,49-51,53-54,56-57,59,62,64-66,68,70H,11-19,22-24,27,29-30H2,1-10H3,(H,60,69)(H,61,63)/t33-,34?,35?,36-,39+,40?,42-,43?,46?,49+,50-,51-,53?,54+,56?,57+/m0/s1. The molecule has 9 N–H and O–H groups in total. The van der Waals surface area contributed by atoms with Gasteiger partial charge in [-0.15, -0.1) is 11.3 Å². The van der Waals surface area contributed by atoms with E-state index < -0.39 is 18.6 Å². The van der Waals surface area contributed by atoms with Crippen molar-refractivity contribution < 1.29 is 33.7 Å². The highest BCUT2D eigenvalue weighted by Crippen LogP contribution is 2.55. The van der Waals surface area contributed by atoms with Gasteiger partial charge in [0, 0.05) is 54.3 Å². The number of nitrogens with zero attached hydrogens (tertiary/aromatic N) is 2.